The Hall–Kier alpha value is -3.30. The molecule has 4 aromatic heterocycles. The maximum Gasteiger partial charge on any atom is 0.386 e. The molecule has 0 aromatic carbocycles. The number of thiol groups is 1. The number of imidazole rings is 2. The lowest BCUT2D eigenvalue weighted by Gasteiger charge is -2.28. The van der Waals surface area contributed by atoms with Gasteiger partial charge in [0.1, 0.15) is 24.4 Å². The first-order chi connectivity index (χ1) is 19.9. The second-order valence-electron chi connectivity index (χ2n) is 9.84. The van der Waals surface area contributed by atoms with E-state index in [4.69, 9.17) is 24.3 Å². The molecule has 0 bridgehead atoms. The number of H-pyrrole nitrogens is 2. The van der Waals surface area contributed by atoms with Gasteiger partial charge >= 0.3 is 6.80 Å². The van der Waals surface area contributed by atoms with Crippen molar-refractivity contribution in [3.05, 3.63) is 39.7 Å². The van der Waals surface area contributed by atoms with Gasteiger partial charge in [-0.1, -0.05) is 12.2 Å². The molecular weight excluding hydrogens is 611 g/mol. The first kappa shape index (κ1) is 27.5. The largest absolute Gasteiger partial charge is 0.387 e. The summed E-state index contributed by atoms with van der Waals surface area (Å²) in [6.07, 6.45) is -9.69. The molecule has 7 rings (SSSR count). The number of rotatable bonds is 7. The molecule has 3 fully saturated rings. The molecule has 1 saturated carbocycles. The summed E-state index contributed by atoms with van der Waals surface area (Å²) in [6, 6.07) is 0. The number of anilines is 1. The molecule has 0 radical (unpaired) electrons. The smallest absolute Gasteiger partial charge is 0.386 e. The van der Waals surface area contributed by atoms with Crippen LogP contribution in [0.3, 0.4) is 0 Å². The number of aromatic nitrogens is 8. The lowest BCUT2D eigenvalue weighted by atomic mass is 10.1. The number of ether oxygens (including phenoxy) is 2. The average molecular weight is 631 g/mol. The van der Waals surface area contributed by atoms with Crippen molar-refractivity contribution in [1.82, 2.24) is 39.0 Å². The summed E-state index contributed by atoms with van der Waals surface area (Å²) in [5, 5.41) is 20.5. The monoisotopic (exact) mass is 631 g/mol. The highest BCUT2D eigenvalue weighted by atomic mass is 32.7. The molecular formula is C20H20F2N9O9PS. The van der Waals surface area contributed by atoms with Crippen LogP contribution in [0.5, 0.6) is 0 Å². The zero-order chi connectivity index (χ0) is 29.7. The molecule has 6 N–H and O–H groups in total. The Morgan fingerprint density at radius 3 is 2.55 bits per heavy atom. The van der Waals surface area contributed by atoms with Crippen molar-refractivity contribution in [2.75, 3.05) is 12.3 Å². The summed E-state index contributed by atoms with van der Waals surface area (Å²) < 4.78 is 68.0. The number of halogens is 2. The topological polar surface area (TPSA) is 248 Å². The maximum absolute atomic E-state index is 15.7. The number of nitrogens with one attached hydrogen (secondary N) is 2. The summed E-state index contributed by atoms with van der Waals surface area (Å²) in [5.41, 5.74) is 1.47. The Labute approximate surface area is 235 Å². The third kappa shape index (κ3) is 4.03. The fraction of sp³-hybridized carbons (Fsp3) is 0.500. The zero-order valence-corrected chi connectivity index (χ0v) is 22.5. The van der Waals surface area contributed by atoms with Crippen LogP contribution < -0.4 is 16.9 Å². The molecule has 2 unspecified atom stereocenters. The second-order valence-corrected chi connectivity index (χ2v) is 12.7. The summed E-state index contributed by atoms with van der Waals surface area (Å²) in [5.74, 6) is -0.265. The first-order valence-corrected chi connectivity index (χ1v) is 14.9. The molecule has 6 heterocycles. The Bertz CT molecular complexity index is 1890. The van der Waals surface area contributed by atoms with Crippen LogP contribution in [-0.4, -0.2) is 98.2 Å². The van der Waals surface area contributed by atoms with E-state index in [2.05, 4.69) is 42.2 Å². The normalized spacial score (nSPS) is 35.5. The van der Waals surface area contributed by atoms with Crippen LogP contribution in [0, 0.1) is 0 Å². The van der Waals surface area contributed by atoms with E-state index >= 15 is 8.78 Å². The zero-order valence-electron chi connectivity index (χ0n) is 20.7. The minimum Gasteiger partial charge on any atom is -0.387 e. The Balaban J connectivity index is 1.10. The molecule has 0 spiro atoms. The van der Waals surface area contributed by atoms with Crippen molar-refractivity contribution in [2.45, 2.75) is 54.8 Å². The van der Waals surface area contributed by atoms with Gasteiger partial charge in [0.05, 0.1) is 25.6 Å². The van der Waals surface area contributed by atoms with Gasteiger partial charge in [0.15, 0.2) is 52.7 Å². The van der Waals surface area contributed by atoms with Crippen LogP contribution in [0.2, 0.25) is 0 Å². The van der Waals surface area contributed by atoms with Crippen LogP contribution in [0.4, 0.5) is 14.7 Å². The van der Waals surface area contributed by atoms with Gasteiger partial charge in [-0.3, -0.25) is 32.8 Å². The van der Waals surface area contributed by atoms with Gasteiger partial charge < -0.3 is 30.4 Å². The molecule has 18 nitrogen and oxygen atoms in total. The Morgan fingerprint density at radius 2 is 1.81 bits per heavy atom. The number of aliphatic hydroxyl groups excluding tert-OH is 2. The van der Waals surface area contributed by atoms with Gasteiger partial charge in [-0.2, -0.15) is 4.98 Å². The number of nitrogen functional groups attached to an aromatic ring is 1. The number of hydrogen-bond acceptors (Lipinski definition) is 14. The third-order valence-electron chi connectivity index (χ3n) is 7.35. The van der Waals surface area contributed by atoms with E-state index in [9.17, 15) is 24.4 Å². The number of hydrogen-bond donors (Lipinski definition) is 6. The molecule has 1 aliphatic carbocycles. The predicted octanol–water partition coefficient (Wildman–Crippen LogP) is -1.15. The highest BCUT2D eigenvalue weighted by Gasteiger charge is 2.80. The van der Waals surface area contributed by atoms with Crippen LogP contribution in [0.15, 0.2) is 28.6 Å². The van der Waals surface area contributed by atoms with Gasteiger partial charge in [0.2, 0.25) is 5.95 Å². The van der Waals surface area contributed by atoms with E-state index < -0.39 is 79.3 Å². The lowest BCUT2D eigenvalue weighted by molar-refractivity contribution is -0.0764. The van der Waals surface area contributed by atoms with Crippen LogP contribution >= 0.6 is 19.0 Å². The number of alkyl halides is 2. The van der Waals surface area contributed by atoms with E-state index in [1.54, 1.807) is 0 Å². The SMILES string of the molecule is Nc1nc2c(ncn2[C@@H]2O[C@@H]3C(O)[C@@]3(F)[C@H]2OP(=O)(S)OC[C@H]2O[C@H](n3cnc4c(=O)[nH]cnc43)[C@@H](F)[C@@H]2O)c(=O)[nH]1. The molecule has 2 saturated heterocycles. The molecule has 0 amide bonds. The number of nitrogens with two attached hydrogens (primary N) is 1. The number of aliphatic hydroxyl groups is 2. The highest BCUT2D eigenvalue weighted by molar-refractivity contribution is 8.44. The summed E-state index contributed by atoms with van der Waals surface area (Å²) >= 11 is 3.90. The van der Waals surface area contributed by atoms with Gasteiger partial charge in [-0.05, 0) is 0 Å². The number of nitrogens with zero attached hydrogens (tertiary/aromatic N) is 6. The maximum atomic E-state index is 15.7. The molecule has 224 valence electrons. The third-order valence-corrected chi connectivity index (χ3v) is 8.95. The van der Waals surface area contributed by atoms with Crippen LogP contribution in [-0.2, 0) is 23.1 Å². The molecule has 42 heavy (non-hydrogen) atoms. The van der Waals surface area contributed by atoms with E-state index in [0.717, 1.165) is 28.1 Å². The standard InChI is InChI=1S/C20H20F2N9O9PS/c21-6-9(32)5(38-17(6)30-3-26-7-13(30)24-2-25-15(7)34)1-37-41(36,42)40-12-18(39-11-10(33)20(11,12)22)31-4-27-8-14(31)28-19(23)29-16(8)35/h2-6,9-12,17-18,32-33H,1H2,(H,36,42)(H,24,25,34)(H3,23,28,29,35)/t5-,6+,9-,10?,11-,12+,17+,18-,20+,41?/m1/s1. The average Bonchev–Trinajstić information content (AvgIpc) is 3.47. The number of fused-ring (bicyclic) bond motifs is 3. The van der Waals surface area contributed by atoms with Crippen molar-refractivity contribution >= 4 is 47.3 Å². The summed E-state index contributed by atoms with van der Waals surface area (Å²) in [6.45, 7) is -5.27. The van der Waals surface area contributed by atoms with E-state index in [-0.39, 0.29) is 28.3 Å². The van der Waals surface area contributed by atoms with E-state index in [0.29, 0.717) is 0 Å². The predicted molar refractivity (Wildman–Crippen MR) is 137 cm³/mol. The van der Waals surface area contributed by atoms with Crippen molar-refractivity contribution in [3.8, 4) is 0 Å². The van der Waals surface area contributed by atoms with Crippen molar-refractivity contribution in [3.63, 3.8) is 0 Å². The molecule has 22 heteroatoms. The van der Waals surface area contributed by atoms with Crippen LogP contribution in [0.1, 0.15) is 12.5 Å². The molecule has 3 aliphatic rings. The molecule has 2 aliphatic heterocycles. The summed E-state index contributed by atoms with van der Waals surface area (Å²) in [7, 11) is 0. The fourth-order valence-corrected chi connectivity index (χ4v) is 6.66. The van der Waals surface area contributed by atoms with Gasteiger partial charge in [-0.25, -0.2) is 28.3 Å². The van der Waals surface area contributed by atoms with Crippen LogP contribution in [0.25, 0.3) is 22.3 Å². The highest BCUT2D eigenvalue weighted by Crippen LogP contribution is 2.64. The van der Waals surface area contributed by atoms with Gasteiger partial charge in [-0.15, -0.1) is 0 Å². The van der Waals surface area contributed by atoms with Crippen molar-refractivity contribution in [1.29, 1.82) is 0 Å². The minimum atomic E-state index is -4.54. The molecule has 10 atom stereocenters. The minimum absolute atomic E-state index is 0.00769. The van der Waals surface area contributed by atoms with E-state index in [1.165, 1.54) is 0 Å². The second kappa shape index (κ2) is 9.35. The van der Waals surface area contributed by atoms with Gasteiger partial charge in [0.25, 0.3) is 11.1 Å². The number of aromatic amines is 2. The first-order valence-electron chi connectivity index (χ1n) is 12.2. The Kier molecular flexibility index (Phi) is 6.13. The van der Waals surface area contributed by atoms with Crippen molar-refractivity contribution in [2.24, 2.45) is 0 Å². The molecule has 4 aromatic rings. The van der Waals surface area contributed by atoms with Crippen molar-refractivity contribution < 1.29 is 42.1 Å². The fourth-order valence-electron chi connectivity index (χ4n) is 5.21. The quantitative estimate of drug-likeness (QED) is 0.104. The summed E-state index contributed by atoms with van der Waals surface area (Å²) in [4.78, 5) is 44.4. The van der Waals surface area contributed by atoms with E-state index in [1.807, 2.05) is 0 Å². The van der Waals surface area contributed by atoms with Gasteiger partial charge in [0, 0.05) is 0 Å². The lowest BCUT2D eigenvalue weighted by Crippen LogP contribution is -2.36. The Morgan fingerprint density at radius 1 is 1.12 bits per heavy atom.